The number of methoxy groups -OCH3 is 1. The van der Waals surface area contributed by atoms with E-state index in [4.69, 9.17) is 22.9 Å². The summed E-state index contributed by atoms with van der Waals surface area (Å²) in [6.07, 6.45) is 2.15. The van der Waals surface area contributed by atoms with Crippen molar-refractivity contribution in [1.82, 2.24) is 20.2 Å². The van der Waals surface area contributed by atoms with Crippen LogP contribution in [0.25, 0.3) is 0 Å². The van der Waals surface area contributed by atoms with Gasteiger partial charge in [0.05, 0.1) is 11.8 Å². The molecule has 1 saturated heterocycles. The monoisotopic (exact) mass is 430 g/mol. The molecule has 3 aromatic rings. The summed E-state index contributed by atoms with van der Waals surface area (Å²) in [5.41, 5.74) is 1.81. The minimum absolute atomic E-state index is 0.0983. The molecule has 1 unspecified atom stereocenters. The fourth-order valence-corrected chi connectivity index (χ4v) is 3.65. The average Bonchev–Trinajstić information content (AvgIpc) is 3.50. The van der Waals surface area contributed by atoms with Crippen LogP contribution in [-0.2, 0) is 29.1 Å². The first-order valence-corrected chi connectivity index (χ1v) is 10.2. The van der Waals surface area contributed by atoms with Crippen molar-refractivity contribution in [3.05, 3.63) is 52.4 Å². The number of hydrogen-bond acceptors (Lipinski definition) is 9. The second-order valence-corrected chi connectivity index (χ2v) is 7.61. The SMILES string of the molecule is COCc1nc(COC2CCCN(C(=O)c3ccc(Cc4c(C)noc4C)o3)C2)no1. The number of aryl methyl sites for hydroxylation is 2. The number of carbonyl (C=O) groups is 1. The van der Waals surface area contributed by atoms with Gasteiger partial charge in [0, 0.05) is 32.2 Å². The Balaban J connectivity index is 1.32. The number of piperidine rings is 1. The molecule has 0 spiro atoms. The second-order valence-electron chi connectivity index (χ2n) is 7.61. The summed E-state index contributed by atoms with van der Waals surface area (Å²) in [5, 5.41) is 7.83. The van der Waals surface area contributed by atoms with E-state index in [-0.39, 0.29) is 25.2 Å². The van der Waals surface area contributed by atoms with E-state index in [0.29, 0.717) is 42.7 Å². The van der Waals surface area contributed by atoms with E-state index in [2.05, 4.69) is 15.3 Å². The summed E-state index contributed by atoms with van der Waals surface area (Å²) in [7, 11) is 1.56. The highest BCUT2D eigenvalue weighted by atomic mass is 16.5. The largest absolute Gasteiger partial charge is 0.456 e. The Labute approximate surface area is 179 Å². The minimum atomic E-state index is -0.139. The lowest BCUT2D eigenvalue weighted by molar-refractivity contribution is -0.0104. The molecule has 1 atom stereocenters. The van der Waals surface area contributed by atoms with Crippen LogP contribution in [0, 0.1) is 13.8 Å². The molecule has 0 saturated carbocycles. The molecule has 4 rings (SSSR count). The van der Waals surface area contributed by atoms with Crippen molar-refractivity contribution in [3.63, 3.8) is 0 Å². The van der Waals surface area contributed by atoms with Gasteiger partial charge < -0.3 is 27.8 Å². The van der Waals surface area contributed by atoms with Crippen LogP contribution in [0.2, 0.25) is 0 Å². The maximum absolute atomic E-state index is 12.9. The first-order chi connectivity index (χ1) is 15.0. The smallest absolute Gasteiger partial charge is 0.289 e. The van der Waals surface area contributed by atoms with Crippen molar-refractivity contribution >= 4 is 5.91 Å². The highest BCUT2D eigenvalue weighted by Gasteiger charge is 2.27. The molecule has 1 aliphatic rings. The summed E-state index contributed by atoms with van der Waals surface area (Å²) >= 11 is 0. The predicted octanol–water partition coefficient (Wildman–Crippen LogP) is 2.83. The highest BCUT2D eigenvalue weighted by molar-refractivity contribution is 5.91. The Morgan fingerprint density at radius 2 is 2.10 bits per heavy atom. The molecule has 10 heteroatoms. The molecule has 166 valence electrons. The molecule has 1 aliphatic heterocycles. The number of carbonyl (C=O) groups excluding carboxylic acids is 1. The molecule has 0 N–H and O–H groups in total. The summed E-state index contributed by atoms with van der Waals surface area (Å²) in [6, 6.07) is 3.54. The fourth-order valence-electron chi connectivity index (χ4n) is 3.65. The molecule has 10 nitrogen and oxygen atoms in total. The first-order valence-electron chi connectivity index (χ1n) is 10.2. The van der Waals surface area contributed by atoms with E-state index in [1.54, 1.807) is 18.1 Å². The third kappa shape index (κ3) is 5.02. The summed E-state index contributed by atoms with van der Waals surface area (Å²) < 4.78 is 27.0. The molecular formula is C21H26N4O6. The van der Waals surface area contributed by atoms with Gasteiger partial charge >= 0.3 is 0 Å². The van der Waals surface area contributed by atoms with Gasteiger partial charge in [-0.2, -0.15) is 4.98 Å². The third-order valence-corrected chi connectivity index (χ3v) is 5.30. The number of aromatic nitrogens is 3. The van der Waals surface area contributed by atoms with Crippen LogP contribution in [0.5, 0.6) is 0 Å². The fraction of sp³-hybridized carbons (Fsp3) is 0.524. The quantitative estimate of drug-likeness (QED) is 0.531. The molecule has 31 heavy (non-hydrogen) atoms. The van der Waals surface area contributed by atoms with Crippen molar-refractivity contribution in [1.29, 1.82) is 0 Å². The zero-order valence-electron chi connectivity index (χ0n) is 17.9. The van der Waals surface area contributed by atoms with Gasteiger partial charge in [-0.05, 0) is 38.8 Å². The Hall–Kier alpha value is -2.98. The van der Waals surface area contributed by atoms with Crippen molar-refractivity contribution < 1.29 is 27.7 Å². The van der Waals surface area contributed by atoms with E-state index < -0.39 is 0 Å². The Bertz CT molecular complexity index is 1000. The molecular weight excluding hydrogens is 404 g/mol. The van der Waals surface area contributed by atoms with Gasteiger partial charge in [0.1, 0.15) is 24.7 Å². The highest BCUT2D eigenvalue weighted by Crippen LogP contribution is 2.22. The lowest BCUT2D eigenvalue weighted by Gasteiger charge is -2.31. The van der Waals surface area contributed by atoms with Gasteiger partial charge in [0.15, 0.2) is 11.6 Å². The zero-order valence-corrected chi connectivity index (χ0v) is 17.9. The van der Waals surface area contributed by atoms with Crippen LogP contribution >= 0.6 is 0 Å². The van der Waals surface area contributed by atoms with E-state index in [1.807, 2.05) is 19.9 Å². The second kappa shape index (κ2) is 9.44. The number of hydrogen-bond donors (Lipinski definition) is 0. The van der Waals surface area contributed by atoms with Crippen LogP contribution in [0.4, 0.5) is 0 Å². The lowest BCUT2D eigenvalue weighted by atomic mass is 10.1. The maximum atomic E-state index is 12.9. The lowest BCUT2D eigenvalue weighted by Crippen LogP contribution is -2.43. The topological polar surface area (TPSA) is 117 Å². The standard InChI is InChI=1S/C21H26N4O6/c1-13-17(14(2)30-23-13)9-15-6-7-18(29-15)21(26)25-8-4-5-16(10-25)28-11-19-22-20(12-27-3)31-24-19/h6-7,16H,4-5,8-12H2,1-3H3. The summed E-state index contributed by atoms with van der Waals surface area (Å²) in [6.45, 7) is 5.40. The van der Waals surface area contributed by atoms with Crippen LogP contribution in [0.1, 0.15) is 57.9 Å². The maximum Gasteiger partial charge on any atom is 0.289 e. The summed E-state index contributed by atoms with van der Waals surface area (Å²) in [4.78, 5) is 18.9. The first kappa shape index (κ1) is 21.3. The molecule has 3 aromatic heterocycles. The van der Waals surface area contributed by atoms with Gasteiger partial charge in [-0.1, -0.05) is 10.3 Å². The normalized spacial score (nSPS) is 16.7. The van der Waals surface area contributed by atoms with Gasteiger partial charge in [0.2, 0.25) is 0 Å². The third-order valence-electron chi connectivity index (χ3n) is 5.30. The molecule has 1 fully saturated rings. The van der Waals surface area contributed by atoms with Gasteiger partial charge in [-0.15, -0.1) is 0 Å². The van der Waals surface area contributed by atoms with Crippen LogP contribution in [0.3, 0.4) is 0 Å². The number of rotatable bonds is 8. The van der Waals surface area contributed by atoms with Crippen LogP contribution < -0.4 is 0 Å². The number of likely N-dealkylation sites (tertiary alicyclic amines) is 1. The molecule has 0 bridgehead atoms. The van der Waals surface area contributed by atoms with Gasteiger partial charge in [-0.3, -0.25) is 4.79 Å². The Morgan fingerprint density at radius 1 is 1.23 bits per heavy atom. The summed E-state index contributed by atoms with van der Waals surface area (Å²) in [5.74, 6) is 2.52. The van der Waals surface area contributed by atoms with E-state index in [0.717, 1.165) is 29.9 Å². The number of furan rings is 1. The number of nitrogens with zero attached hydrogens (tertiary/aromatic N) is 4. The van der Waals surface area contributed by atoms with Gasteiger partial charge in [-0.25, -0.2) is 0 Å². The van der Waals surface area contributed by atoms with Crippen molar-refractivity contribution in [3.8, 4) is 0 Å². The Kier molecular flexibility index (Phi) is 6.47. The molecule has 0 aliphatic carbocycles. The molecule has 0 radical (unpaired) electrons. The van der Waals surface area contributed by atoms with E-state index >= 15 is 0 Å². The van der Waals surface area contributed by atoms with Gasteiger partial charge in [0.25, 0.3) is 11.8 Å². The molecule has 1 amide bonds. The predicted molar refractivity (Wildman–Crippen MR) is 106 cm³/mol. The van der Waals surface area contributed by atoms with Crippen LogP contribution in [0.15, 0.2) is 25.6 Å². The van der Waals surface area contributed by atoms with Crippen molar-refractivity contribution in [2.45, 2.75) is 52.4 Å². The minimum Gasteiger partial charge on any atom is -0.456 e. The van der Waals surface area contributed by atoms with E-state index in [9.17, 15) is 4.79 Å². The van der Waals surface area contributed by atoms with Crippen LogP contribution in [-0.4, -0.2) is 52.4 Å². The van der Waals surface area contributed by atoms with Crippen molar-refractivity contribution in [2.75, 3.05) is 20.2 Å². The molecule has 4 heterocycles. The average molecular weight is 430 g/mol. The number of ether oxygens (including phenoxy) is 2. The zero-order chi connectivity index (χ0) is 21.8. The Morgan fingerprint density at radius 3 is 2.87 bits per heavy atom. The molecule has 0 aromatic carbocycles. The van der Waals surface area contributed by atoms with Crippen molar-refractivity contribution in [2.24, 2.45) is 0 Å². The van der Waals surface area contributed by atoms with E-state index in [1.165, 1.54) is 0 Å². The number of amides is 1.